The molecule has 0 aromatic heterocycles. The molecule has 0 aliphatic carbocycles. The number of hydrogen-bond donors (Lipinski definition) is 0. The number of rotatable bonds is 4. The van der Waals surface area contributed by atoms with Gasteiger partial charge in [-0.15, -0.1) is 0 Å². The maximum Gasteiger partial charge on any atom is 1.00 e. The van der Waals surface area contributed by atoms with Crippen molar-refractivity contribution in [2.45, 2.75) is 72.6 Å². The standard InChI is InChI=1S/C25H34O2.Li/c1-17-14-20(24(3,4)5)22(21(15-17)25(6,7)8)27-23(26)18(2)16-19-12-10-9-11-13-19;/h9-15,26H,16H2,1-8H3;/q;+1/p-1/b23-18-;. The maximum atomic E-state index is 12.9. The molecule has 2 aromatic rings. The molecule has 2 nitrogen and oxygen atoms in total. The third-order valence-electron chi connectivity index (χ3n) is 4.70. The van der Waals surface area contributed by atoms with Gasteiger partial charge in [0.15, 0.2) is 0 Å². The molecule has 0 atom stereocenters. The zero-order valence-electron chi connectivity index (χ0n) is 19.1. The molecule has 28 heavy (non-hydrogen) atoms. The molecule has 2 aromatic carbocycles. The van der Waals surface area contributed by atoms with Crippen LogP contribution in [0.25, 0.3) is 0 Å². The Kier molecular flexibility index (Phi) is 8.07. The monoisotopic (exact) mass is 372 g/mol. The third kappa shape index (κ3) is 6.19. The smallest absolute Gasteiger partial charge is 0.579 e. The molecule has 0 amide bonds. The fourth-order valence-corrected chi connectivity index (χ4v) is 3.15. The van der Waals surface area contributed by atoms with Crippen molar-refractivity contribution in [1.29, 1.82) is 0 Å². The predicted octanol–water partition coefficient (Wildman–Crippen LogP) is 2.81. The number of aryl methyl sites for hydroxylation is 1. The Balaban J connectivity index is 0.00000392. The van der Waals surface area contributed by atoms with Crippen molar-refractivity contribution < 1.29 is 28.7 Å². The van der Waals surface area contributed by atoms with Crippen LogP contribution in [0.2, 0.25) is 0 Å². The number of ether oxygens (including phenoxy) is 1. The van der Waals surface area contributed by atoms with Crippen molar-refractivity contribution in [3.05, 3.63) is 76.2 Å². The molecule has 0 bridgehead atoms. The van der Waals surface area contributed by atoms with Crippen LogP contribution >= 0.6 is 0 Å². The molecule has 0 fully saturated rings. The van der Waals surface area contributed by atoms with E-state index in [1.165, 1.54) is 5.56 Å². The van der Waals surface area contributed by atoms with Gasteiger partial charge < -0.3 is 9.84 Å². The summed E-state index contributed by atoms with van der Waals surface area (Å²) in [6.45, 7) is 16.9. The summed E-state index contributed by atoms with van der Waals surface area (Å²) in [5.41, 5.74) is 4.94. The Bertz CT molecular complexity index is 787. The zero-order chi connectivity index (χ0) is 20.4. The molecule has 146 valence electrons. The van der Waals surface area contributed by atoms with Crippen molar-refractivity contribution in [2.75, 3.05) is 0 Å². The first-order valence-electron chi connectivity index (χ1n) is 9.63. The fourth-order valence-electron chi connectivity index (χ4n) is 3.15. The fraction of sp³-hybridized carbons (Fsp3) is 0.440. The summed E-state index contributed by atoms with van der Waals surface area (Å²) in [4.78, 5) is 0. The topological polar surface area (TPSA) is 32.3 Å². The average Bonchev–Trinajstić information content (AvgIpc) is 2.55. The molecule has 0 unspecified atom stereocenters. The quantitative estimate of drug-likeness (QED) is 0.611. The van der Waals surface area contributed by atoms with Crippen LogP contribution in [0.4, 0.5) is 0 Å². The van der Waals surface area contributed by atoms with Gasteiger partial charge in [0.25, 0.3) is 0 Å². The van der Waals surface area contributed by atoms with Crippen molar-refractivity contribution in [3.63, 3.8) is 0 Å². The van der Waals surface area contributed by atoms with Crippen molar-refractivity contribution in [2.24, 2.45) is 0 Å². The Hall–Kier alpha value is -1.62. The molecule has 0 radical (unpaired) electrons. The van der Waals surface area contributed by atoms with Crippen LogP contribution < -0.4 is 28.7 Å². The summed E-state index contributed by atoms with van der Waals surface area (Å²) in [5, 5.41) is 12.9. The first-order valence-corrected chi connectivity index (χ1v) is 9.63. The van der Waals surface area contributed by atoms with Gasteiger partial charge in [0, 0.05) is 5.75 Å². The van der Waals surface area contributed by atoms with E-state index >= 15 is 0 Å². The molecule has 0 aliphatic heterocycles. The van der Waals surface area contributed by atoms with Gasteiger partial charge in [-0.1, -0.05) is 89.6 Å². The molecule has 0 aliphatic rings. The van der Waals surface area contributed by atoms with E-state index < -0.39 is 0 Å². The second-order valence-electron chi connectivity index (χ2n) is 9.52. The molecule has 0 saturated heterocycles. The van der Waals surface area contributed by atoms with E-state index in [0.717, 1.165) is 22.4 Å². The third-order valence-corrected chi connectivity index (χ3v) is 4.70. The van der Waals surface area contributed by atoms with E-state index in [1.807, 2.05) is 37.3 Å². The van der Waals surface area contributed by atoms with Gasteiger partial charge in [-0.25, -0.2) is 0 Å². The molecule has 0 saturated carbocycles. The summed E-state index contributed by atoms with van der Waals surface area (Å²) < 4.78 is 6.04. The molecular formula is C25H33LiO2. The van der Waals surface area contributed by atoms with Crippen LogP contribution in [0.15, 0.2) is 54.0 Å². The summed E-state index contributed by atoms with van der Waals surface area (Å²) in [7, 11) is 0. The Morgan fingerprint density at radius 3 is 1.79 bits per heavy atom. The molecule has 0 heterocycles. The minimum absolute atomic E-state index is 0. The Morgan fingerprint density at radius 1 is 0.893 bits per heavy atom. The first-order chi connectivity index (χ1) is 12.4. The van der Waals surface area contributed by atoms with Crippen LogP contribution in [0.5, 0.6) is 5.75 Å². The van der Waals surface area contributed by atoms with Crippen LogP contribution in [-0.4, -0.2) is 0 Å². The second kappa shape index (κ2) is 9.25. The molecular weight excluding hydrogens is 339 g/mol. The van der Waals surface area contributed by atoms with E-state index in [1.54, 1.807) is 0 Å². The van der Waals surface area contributed by atoms with Crippen molar-refractivity contribution in [3.8, 4) is 5.75 Å². The SMILES string of the molecule is C/C(Cc1ccccc1)=C(\[O-])Oc1c(C(C)(C)C)cc(C)cc1C(C)(C)C.[Li+]. The van der Waals surface area contributed by atoms with Crippen molar-refractivity contribution >= 4 is 0 Å². The van der Waals surface area contributed by atoms with Gasteiger partial charge in [0.2, 0.25) is 0 Å². The summed E-state index contributed by atoms with van der Waals surface area (Å²) in [6.07, 6.45) is 0.598. The summed E-state index contributed by atoms with van der Waals surface area (Å²) in [5.74, 6) is 0.469. The number of allylic oxidation sites excluding steroid dienone is 1. The average molecular weight is 372 g/mol. The van der Waals surface area contributed by atoms with E-state index in [0.29, 0.717) is 12.0 Å². The molecule has 3 heteroatoms. The van der Waals surface area contributed by atoms with Crippen LogP contribution in [-0.2, 0) is 17.3 Å². The number of benzene rings is 2. The minimum atomic E-state index is -0.251. The van der Waals surface area contributed by atoms with Crippen LogP contribution in [0.1, 0.15) is 70.7 Å². The van der Waals surface area contributed by atoms with E-state index in [9.17, 15) is 5.11 Å². The maximum absolute atomic E-state index is 12.9. The molecule has 2 rings (SSSR count). The molecule has 0 N–H and O–H groups in total. The first kappa shape index (κ1) is 24.4. The van der Waals surface area contributed by atoms with E-state index in [-0.39, 0.29) is 35.6 Å². The largest absolute Gasteiger partial charge is 1.00 e. The van der Waals surface area contributed by atoms with Gasteiger partial charge in [-0.05, 0) is 53.4 Å². The van der Waals surface area contributed by atoms with E-state index in [4.69, 9.17) is 4.74 Å². The van der Waals surface area contributed by atoms with Gasteiger partial charge >= 0.3 is 18.9 Å². The van der Waals surface area contributed by atoms with Crippen LogP contribution in [0, 0.1) is 6.92 Å². The van der Waals surface area contributed by atoms with Gasteiger partial charge in [-0.3, -0.25) is 0 Å². The second-order valence-corrected chi connectivity index (χ2v) is 9.52. The zero-order valence-corrected chi connectivity index (χ0v) is 19.1. The van der Waals surface area contributed by atoms with Crippen molar-refractivity contribution in [1.82, 2.24) is 0 Å². The molecule has 0 spiro atoms. The van der Waals surface area contributed by atoms with Gasteiger partial charge in [0.05, 0.1) is 5.95 Å². The summed E-state index contributed by atoms with van der Waals surface area (Å²) >= 11 is 0. The summed E-state index contributed by atoms with van der Waals surface area (Å²) in [6, 6.07) is 14.3. The Labute approximate surface area is 183 Å². The van der Waals surface area contributed by atoms with Gasteiger partial charge in [-0.2, -0.15) is 0 Å². The predicted molar refractivity (Wildman–Crippen MR) is 112 cm³/mol. The van der Waals surface area contributed by atoms with Gasteiger partial charge in [0.1, 0.15) is 0 Å². The normalized spacial score (nSPS) is 12.9. The Morgan fingerprint density at radius 2 is 1.36 bits per heavy atom. The minimum Gasteiger partial charge on any atom is -0.579 e. The number of hydrogen-bond acceptors (Lipinski definition) is 2. The van der Waals surface area contributed by atoms with E-state index in [2.05, 4.69) is 60.6 Å². The van der Waals surface area contributed by atoms with Crippen LogP contribution in [0.3, 0.4) is 0 Å².